The van der Waals surface area contributed by atoms with Gasteiger partial charge in [-0.05, 0) is 0 Å². The Kier molecular flexibility index (Phi) is 11.5. The molecule has 0 amide bonds. The lowest BCUT2D eigenvalue weighted by atomic mass is 10.1. The molecule has 1 aromatic heterocycles. The summed E-state index contributed by atoms with van der Waals surface area (Å²) in [7, 11) is 0. The van der Waals surface area contributed by atoms with Gasteiger partial charge in [0.05, 0.1) is 64.4 Å². The van der Waals surface area contributed by atoms with E-state index in [-0.39, 0.29) is 0 Å². The van der Waals surface area contributed by atoms with Crippen LogP contribution in [0.4, 0.5) is 34.1 Å². The normalized spacial score (nSPS) is 16.9. The van der Waals surface area contributed by atoms with Gasteiger partial charge in [0, 0.05) is 48.7 Å². The molecule has 4 atom stereocenters. The molecule has 59 heavy (non-hydrogen) atoms. The average molecular weight is 827 g/mol. The Bertz CT molecular complexity index is 2530. The third-order valence-electron chi connectivity index (χ3n) is 7.96. The minimum atomic E-state index is -2.22. The van der Waals surface area contributed by atoms with Gasteiger partial charge in [-0.25, -0.2) is 19.2 Å². The smallest absolute Gasteiger partial charge is 0.339 e. The molecule has 0 aliphatic carbocycles. The van der Waals surface area contributed by atoms with E-state index >= 15 is 0 Å². The van der Waals surface area contributed by atoms with Crippen molar-refractivity contribution in [3.8, 4) is 0 Å². The fourth-order valence-electron chi connectivity index (χ4n) is 5.36. The van der Waals surface area contributed by atoms with E-state index in [1.54, 1.807) is 0 Å². The van der Waals surface area contributed by atoms with Crippen molar-refractivity contribution in [3.63, 3.8) is 0 Å². The number of hydrogen-bond donors (Lipinski definition) is 1. The van der Waals surface area contributed by atoms with Crippen molar-refractivity contribution >= 4 is 52.0 Å². The second-order valence-corrected chi connectivity index (χ2v) is 11.7. The third kappa shape index (κ3) is 9.16. The third-order valence-corrected chi connectivity index (χ3v) is 7.96. The zero-order chi connectivity index (χ0) is 43.5. The van der Waals surface area contributed by atoms with Crippen LogP contribution in [0.2, 0.25) is 0 Å². The van der Waals surface area contributed by atoms with Crippen LogP contribution in [-0.4, -0.2) is 81.9 Å². The predicted octanol–water partition coefficient (Wildman–Crippen LogP) is 2.19. The van der Waals surface area contributed by atoms with Crippen molar-refractivity contribution in [2.24, 2.45) is 0 Å². The number of nitrogens with one attached hydrogen (secondary N) is 1. The van der Waals surface area contributed by atoms with Crippen LogP contribution in [0, 0.1) is 60.7 Å². The molecule has 1 saturated heterocycles. The number of carbonyl (C=O) groups is 3. The maximum atomic E-state index is 13.6. The number of nitro benzene ring substituents is 6. The Morgan fingerprint density at radius 1 is 0.576 bits per heavy atom. The first-order valence-electron chi connectivity index (χ1n) is 15.6. The Balaban J connectivity index is 1.62. The first kappa shape index (κ1) is 41.3. The first-order chi connectivity index (χ1) is 27.7. The van der Waals surface area contributed by atoms with Crippen molar-refractivity contribution in [1.29, 1.82) is 0 Å². The summed E-state index contributed by atoms with van der Waals surface area (Å²) >= 11 is 0. The number of non-ortho nitro benzene ring substituents is 6. The molecule has 304 valence electrons. The van der Waals surface area contributed by atoms with E-state index in [4.69, 9.17) is 18.9 Å². The lowest BCUT2D eigenvalue weighted by Gasteiger charge is -2.25. The van der Waals surface area contributed by atoms with Gasteiger partial charge in [0.25, 0.3) is 39.7 Å². The van der Waals surface area contributed by atoms with Crippen molar-refractivity contribution in [2.75, 3.05) is 6.61 Å². The van der Waals surface area contributed by atoms with Gasteiger partial charge >= 0.3 is 23.6 Å². The highest BCUT2D eigenvalue weighted by molar-refractivity contribution is 5.93. The number of aromatic nitrogens is 2. The molecule has 5 rings (SSSR count). The summed E-state index contributed by atoms with van der Waals surface area (Å²) in [5.74, 6) is -4.82. The maximum absolute atomic E-state index is 13.6. The number of ether oxygens (including phenoxy) is 4. The lowest BCUT2D eigenvalue weighted by Crippen LogP contribution is -2.43. The monoisotopic (exact) mass is 826 g/mol. The molecule has 0 radical (unpaired) electrons. The number of rotatable bonds is 14. The molecule has 1 aliphatic heterocycles. The van der Waals surface area contributed by atoms with Crippen LogP contribution in [0.3, 0.4) is 0 Å². The summed E-state index contributed by atoms with van der Waals surface area (Å²) in [6.07, 6.45) is -7.67. The zero-order valence-electron chi connectivity index (χ0n) is 28.6. The van der Waals surface area contributed by atoms with Crippen molar-refractivity contribution in [1.82, 2.24) is 9.55 Å². The summed E-state index contributed by atoms with van der Waals surface area (Å²) in [4.78, 5) is 129. The Morgan fingerprint density at radius 3 is 1.29 bits per heavy atom. The van der Waals surface area contributed by atoms with Gasteiger partial charge in [-0.3, -0.25) is 75.0 Å². The maximum Gasteiger partial charge on any atom is 0.339 e. The molecule has 29 heteroatoms. The van der Waals surface area contributed by atoms with Crippen molar-refractivity contribution in [3.05, 3.63) is 165 Å². The van der Waals surface area contributed by atoms with Crippen LogP contribution in [-0.2, 0) is 18.9 Å². The van der Waals surface area contributed by atoms with E-state index in [1.807, 2.05) is 4.98 Å². The molecule has 0 bridgehead atoms. The zero-order valence-corrected chi connectivity index (χ0v) is 28.6. The summed E-state index contributed by atoms with van der Waals surface area (Å²) in [5.41, 5.74) is -10.6. The van der Waals surface area contributed by atoms with E-state index < -0.39 is 141 Å². The molecular weight excluding hydrogens is 808 g/mol. The fourth-order valence-corrected chi connectivity index (χ4v) is 5.36. The fraction of sp³-hybridized carbons (Fsp3) is 0.167. The summed E-state index contributed by atoms with van der Waals surface area (Å²) in [6.45, 7) is -1.16. The number of benzene rings is 3. The van der Waals surface area contributed by atoms with Crippen molar-refractivity contribution in [2.45, 2.75) is 24.5 Å². The van der Waals surface area contributed by atoms with E-state index in [0.717, 1.165) is 12.3 Å². The Morgan fingerprint density at radius 2 is 0.932 bits per heavy atom. The van der Waals surface area contributed by atoms with Gasteiger partial charge < -0.3 is 18.9 Å². The van der Waals surface area contributed by atoms with E-state index in [2.05, 4.69) is 0 Å². The molecule has 1 aliphatic rings. The minimum Gasteiger partial charge on any atom is -0.459 e. The Hall–Kier alpha value is -8.89. The summed E-state index contributed by atoms with van der Waals surface area (Å²) < 4.78 is 22.4. The lowest BCUT2D eigenvalue weighted by molar-refractivity contribution is -0.394. The Labute approximate surface area is 320 Å². The largest absolute Gasteiger partial charge is 0.459 e. The number of hydrogen-bond acceptors (Lipinski definition) is 21. The molecule has 0 spiro atoms. The number of nitrogens with zero attached hydrogens (tertiary/aromatic N) is 7. The van der Waals surface area contributed by atoms with Crippen LogP contribution in [0.25, 0.3) is 0 Å². The molecule has 1 N–H and O–H groups in total. The topological polar surface area (TPSA) is 402 Å². The van der Waals surface area contributed by atoms with Crippen LogP contribution < -0.4 is 11.2 Å². The van der Waals surface area contributed by atoms with Crippen LogP contribution in [0.1, 0.15) is 37.3 Å². The minimum absolute atomic E-state index is 0.484. The second kappa shape index (κ2) is 16.5. The van der Waals surface area contributed by atoms with Gasteiger partial charge in [-0.1, -0.05) is 0 Å². The van der Waals surface area contributed by atoms with E-state index in [0.29, 0.717) is 59.2 Å². The second-order valence-electron chi connectivity index (χ2n) is 11.7. The van der Waals surface area contributed by atoms with Crippen molar-refractivity contribution < 1.29 is 62.9 Å². The van der Waals surface area contributed by atoms with Gasteiger partial charge in [-0.15, -0.1) is 0 Å². The number of H-pyrrole nitrogens is 1. The van der Waals surface area contributed by atoms with E-state index in [9.17, 15) is 84.7 Å². The van der Waals surface area contributed by atoms with E-state index in [1.165, 1.54) is 0 Å². The van der Waals surface area contributed by atoms with Gasteiger partial charge in [0.1, 0.15) is 12.7 Å². The van der Waals surface area contributed by atoms with Gasteiger partial charge in [-0.2, -0.15) is 0 Å². The standard InChI is InChI=1S/C30H18N8O21/c39-23-1-2-32(30(43)31-23)26-25(59-29(42)15-7-20(37(52)53)11-21(8-15)38(54)55)24(58-28(41)14-5-18(35(48)49)10-19(6-14)36(50)51)22(57-26)12-56-27(40)13-3-16(33(44)45)9-17(4-13)34(46)47/h1-11,22,24-26H,12H2,(H,31,39,43)/t22-,24-,25-,26-/m1/s1. The molecule has 2 heterocycles. The van der Waals surface area contributed by atoms with Crippen LogP contribution in [0.15, 0.2) is 76.4 Å². The van der Waals surface area contributed by atoms with Crippen LogP contribution >= 0.6 is 0 Å². The molecule has 3 aromatic carbocycles. The number of aromatic amines is 1. The number of esters is 3. The quantitative estimate of drug-likeness (QED) is 0.0823. The summed E-state index contributed by atoms with van der Waals surface area (Å²) in [6, 6.07) is 5.54. The van der Waals surface area contributed by atoms with Gasteiger partial charge in [0.2, 0.25) is 0 Å². The molecule has 0 unspecified atom stereocenters. The summed E-state index contributed by atoms with van der Waals surface area (Å²) in [5, 5.41) is 68.8. The first-order valence-corrected chi connectivity index (χ1v) is 15.6. The number of carbonyl (C=O) groups excluding carboxylic acids is 3. The molecule has 4 aromatic rings. The molecule has 1 fully saturated rings. The highest BCUT2D eigenvalue weighted by Gasteiger charge is 2.52. The molecule has 29 nitrogen and oxygen atoms in total. The molecule has 0 saturated carbocycles. The van der Waals surface area contributed by atoms with Gasteiger partial charge in [0.15, 0.2) is 18.4 Å². The highest BCUT2D eigenvalue weighted by atomic mass is 16.7. The number of nitro groups is 6. The predicted molar refractivity (Wildman–Crippen MR) is 183 cm³/mol. The van der Waals surface area contributed by atoms with Crippen LogP contribution in [0.5, 0.6) is 0 Å². The molecular formula is C30H18N8O21. The SMILES string of the molecule is O=C(OC[C@H]1O[C@@H](n2ccc(=O)[nH]c2=O)[C@H](OC(=O)c2cc([N+](=O)[O-])cc([N+](=O)[O-])c2)[C@@H]1OC(=O)c1cc([N+](=O)[O-])cc([N+](=O)[O-])c1)c1cc([N+](=O)[O-])cc([N+](=O)[O-])c1. The average Bonchev–Trinajstić information content (AvgIpc) is 3.51. The highest BCUT2D eigenvalue weighted by Crippen LogP contribution is 2.36.